The van der Waals surface area contributed by atoms with E-state index in [4.69, 9.17) is 4.74 Å². The quantitative estimate of drug-likeness (QED) is 0.507. The molecule has 7 nitrogen and oxygen atoms in total. The Labute approximate surface area is 205 Å². The van der Waals surface area contributed by atoms with Gasteiger partial charge in [-0.3, -0.25) is 19.3 Å². The molecule has 2 atom stereocenters. The van der Waals surface area contributed by atoms with Crippen LogP contribution in [0.1, 0.15) is 43.1 Å². The van der Waals surface area contributed by atoms with Crippen molar-refractivity contribution < 1.29 is 19.1 Å². The highest BCUT2D eigenvalue weighted by molar-refractivity contribution is 6.26. The van der Waals surface area contributed by atoms with Crippen molar-refractivity contribution in [2.24, 2.45) is 0 Å². The summed E-state index contributed by atoms with van der Waals surface area (Å²) in [7, 11) is 1.60. The summed E-state index contributed by atoms with van der Waals surface area (Å²) in [5, 5.41) is 4.78. The lowest BCUT2D eigenvalue weighted by atomic mass is 10.1. The molecule has 1 N–H and O–H groups in total. The molecule has 0 aliphatic carbocycles. The largest absolute Gasteiger partial charge is 0.497 e. The lowest BCUT2D eigenvalue weighted by molar-refractivity contribution is -0.139. The Morgan fingerprint density at radius 1 is 1.03 bits per heavy atom. The van der Waals surface area contributed by atoms with E-state index < -0.39 is 6.04 Å². The van der Waals surface area contributed by atoms with Crippen LogP contribution in [0.5, 0.6) is 5.75 Å². The Morgan fingerprint density at radius 2 is 1.71 bits per heavy atom. The molecule has 1 heterocycles. The molecule has 7 heteroatoms. The number of hydrogen-bond acceptors (Lipinski definition) is 4. The number of benzene rings is 3. The van der Waals surface area contributed by atoms with Gasteiger partial charge in [0.15, 0.2) is 0 Å². The number of rotatable bonds is 9. The molecule has 0 aromatic heterocycles. The van der Waals surface area contributed by atoms with Crippen LogP contribution in [0.15, 0.2) is 60.7 Å². The predicted octanol–water partition coefficient (Wildman–Crippen LogP) is 4.14. The molecule has 4 rings (SSSR count). The molecule has 1 aliphatic heterocycles. The highest BCUT2D eigenvalue weighted by Gasteiger charge is 2.34. The first-order valence-electron chi connectivity index (χ1n) is 11.9. The third kappa shape index (κ3) is 4.85. The summed E-state index contributed by atoms with van der Waals surface area (Å²) in [6.45, 7) is 5.73. The summed E-state index contributed by atoms with van der Waals surface area (Å²) in [4.78, 5) is 42.9. The van der Waals surface area contributed by atoms with Gasteiger partial charge in [-0.1, -0.05) is 43.3 Å². The zero-order chi connectivity index (χ0) is 25.1. The first-order valence-corrected chi connectivity index (χ1v) is 11.9. The van der Waals surface area contributed by atoms with Gasteiger partial charge in [0.05, 0.1) is 12.8 Å². The average molecular weight is 474 g/mol. The molecule has 0 radical (unpaired) electrons. The summed E-state index contributed by atoms with van der Waals surface area (Å²) in [5.41, 5.74) is 2.17. The molecular formula is C28H31N3O4. The maximum atomic E-state index is 13.7. The Hall–Kier alpha value is -3.87. The van der Waals surface area contributed by atoms with Gasteiger partial charge >= 0.3 is 0 Å². The number of carbonyl (C=O) groups excluding carboxylic acids is 3. The van der Waals surface area contributed by atoms with Crippen LogP contribution in [0.25, 0.3) is 10.8 Å². The fraction of sp³-hybridized carbons (Fsp3) is 0.321. The highest BCUT2D eigenvalue weighted by Crippen LogP contribution is 2.37. The molecule has 3 aromatic carbocycles. The molecule has 0 fully saturated rings. The minimum Gasteiger partial charge on any atom is -0.497 e. The number of nitrogens with one attached hydrogen (secondary N) is 1. The summed E-state index contributed by atoms with van der Waals surface area (Å²) in [5.74, 6) is -0.0147. The van der Waals surface area contributed by atoms with Gasteiger partial charge in [0, 0.05) is 23.5 Å². The molecule has 3 aromatic rings. The van der Waals surface area contributed by atoms with E-state index in [1.54, 1.807) is 20.1 Å². The van der Waals surface area contributed by atoms with Crippen LogP contribution < -0.4 is 15.0 Å². The van der Waals surface area contributed by atoms with E-state index in [0.29, 0.717) is 11.3 Å². The number of carbonyl (C=O) groups is 3. The Kier molecular flexibility index (Phi) is 7.05. The second-order valence-corrected chi connectivity index (χ2v) is 8.94. The Balaban J connectivity index is 1.61. The van der Waals surface area contributed by atoms with E-state index in [-0.39, 0.29) is 36.9 Å². The maximum absolute atomic E-state index is 13.7. The number of nitrogens with zero attached hydrogens (tertiary/aromatic N) is 2. The van der Waals surface area contributed by atoms with Crippen molar-refractivity contribution in [2.45, 2.75) is 45.8 Å². The second-order valence-electron chi connectivity index (χ2n) is 8.94. The summed E-state index contributed by atoms with van der Waals surface area (Å²) >= 11 is 0. The summed E-state index contributed by atoms with van der Waals surface area (Å²) in [6, 6.07) is 18.0. The van der Waals surface area contributed by atoms with Crippen LogP contribution in [0.3, 0.4) is 0 Å². The molecule has 0 unspecified atom stereocenters. The van der Waals surface area contributed by atoms with Gasteiger partial charge in [0.2, 0.25) is 11.8 Å². The SMILES string of the molecule is CC[C@H](C)NC(=O)[C@H](C)N(Cc1ccc(OC)cc1)C(=O)CN1C(=O)c2cccc3cccc1c23. The van der Waals surface area contributed by atoms with Crippen LogP contribution in [-0.4, -0.2) is 48.4 Å². The zero-order valence-corrected chi connectivity index (χ0v) is 20.6. The molecular weight excluding hydrogens is 442 g/mol. The van der Waals surface area contributed by atoms with E-state index in [9.17, 15) is 14.4 Å². The van der Waals surface area contributed by atoms with Crippen LogP contribution in [0.2, 0.25) is 0 Å². The zero-order valence-electron chi connectivity index (χ0n) is 20.6. The van der Waals surface area contributed by atoms with Gasteiger partial charge in [-0.2, -0.15) is 0 Å². The summed E-state index contributed by atoms with van der Waals surface area (Å²) < 4.78 is 5.23. The summed E-state index contributed by atoms with van der Waals surface area (Å²) in [6.07, 6.45) is 0.787. The van der Waals surface area contributed by atoms with Crippen molar-refractivity contribution >= 4 is 34.2 Å². The maximum Gasteiger partial charge on any atom is 0.259 e. The van der Waals surface area contributed by atoms with Gasteiger partial charge in [-0.15, -0.1) is 0 Å². The van der Waals surface area contributed by atoms with Crippen molar-refractivity contribution in [2.75, 3.05) is 18.6 Å². The lowest BCUT2D eigenvalue weighted by Crippen LogP contribution is -2.52. The van der Waals surface area contributed by atoms with Crippen molar-refractivity contribution in [3.05, 3.63) is 71.8 Å². The van der Waals surface area contributed by atoms with Gasteiger partial charge in [-0.25, -0.2) is 0 Å². The van der Waals surface area contributed by atoms with Crippen LogP contribution in [0, 0.1) is 0 Å². The molecule has 0 spiro atoms. The number of anilines is 1. The number of methoxy groups -OCH3 is 1. The molecule has 3 amide bonds. The minimum atomic E-state index is -0.713. The van der Waals surface area contributed by atoms with E-state index >= 15 is 0 Å². The van der Waals surface area contributed by atoms with E-state index in [2.05, 4.69) is 5.32 Å². The molecule has 1 aliphatic rings. The molecule has 0 saturated carbocycles. The Bertz CT molecular complexity index is 1250. The smallest absolute Gasteiger partial charge is 0.259 e. The first-order chi connectivity index (χ1) is 16.8. The monoisotopic (exact) mass is 473 g/mol. The normalized spacial score (nSPS) is 14.1. The molecule has 0 saturated heterocycles. The topological polar surface area (TPSA) is 79.0 Å². The van der Waals surface area contributed by atoms with Gasteiger partial charge in [0.25, 0.3) is 5.91 Å². The third-order valence-corrected chi connectivity index (χ3v) is 6.62. The van der Waals surface area contributed by atoms with E-state index in [1.807, 2.05) is 68.4 Å². The second kappa shape index (κ2) is 10.2. The third-order valence-electron chi connectivity index (χ3n) is 6.62. The standard InChI is InChI=1S/C28H31N3O4/c1-5-18(2)29-27(33)19(3)30(16-20-12-14-22(35-4)15-13-20)25(32)17-31-24-11-7-9-21-8-6-10-23(26(21)24)28(31)34/h6-15,18-19H,5,16-17H2,1-4H3,(H,29,33)/t18-,19-/m0/s1. The van der Waals surface area contributed by atoms with Crippen molar-refractivity contribution in [3.8, 4) is 5.75 Å². The van der Waals surface area contributed by atoms with Gasteiger partial charge in [-0.05, 0) is 55.5 Å². The average Bonchev–Trinajstić information content (AvgIpc) is 3.15. The highest BCUT2D eigenvalue weighted by atomic mass is 16.5. The fourth-order valence-corrected chi connectivity index (χ4v) is 4.34. The molecule has 182 valence electrons. The first kappa shape index (κ1) is 24.3. The van der Waals surface area contributed by atoms with Crippen molar-refractivity contribution in [1.82, 2.24) is 10.2 Å². The van der Waals surface area contributed by atoms with Gasteiger partial charge < -0.3 is 15.0 Å². The lowest BCUT2D eigenvalue weighted by Gasteiger charge is -2.31. The van der Waals surface area contributed by atoms with Crippen LogP contribution >= 0.6 is 0 Å². The number of hydrogen-bond donors (Lipinski definition) is 1. The molecule has 0 bridgehead atoms. The van der Waals surface area contributed by atoms with E-state index in [0.717, 1.165) is 28.4 Å². The minimum absolute atomic E-state index is 0.00449. The number of amides is 3. The molecule has 35 heavy (non-hydrogen) atoms. The number of ether oxygens (including phenoxy) is 1. The van der Waals surface area contributed by atoms with Crippen LogP contribution in [-0.2, 0) is 16.1 Å². The van der Waals surface area contributed by atoms with Crippen molar-refractivity contribution in [1.29, 1.82) is 0 Å². The Morgan fingerprint density at radius 3 is 2.37 bits per heavy atom. The van der Waals surface area contributed by atoms with E-state index in [1.165, 1.54) is 9.80 Å². The van der Waals surface area contributed by atoms with Gasteiger partial charge in [0.1, 0.15) is 18.3 Å². The fourth-order valence-electron chi connectivity index (χ4n) is 4.34. The van der Waals surface area contributed by atoms with Crippen LogP contribution in [0.4, 0.5) is 5.69 Å². The van der Waals surface area contributed by atoms with Crippen molar-refractivity contribution in [3.63, 3.8) is 0 Å². The predicted molar refractivity (Wildman–Crippen MR) is 137 cm³/mol.